The summed E-state index contributed by atoms with van der Waals surface area (Å²) in [4.78, 5) is 58.1. The van der Waals surface area contributed by atoms with Crippen LogP contribution in [0.4, 0.5) is 15.3 Å². The number of hydrogen-bond acceptors (Lipinski definition) is 6. The van der Waals surface area contributed by atoms with Crippen LogP contribution in [0.5, 0.6) is 0 Å². The van der Waals surface area contributed by atoms with E-state index in [2.05, 4.69) is 15.6 Å². The van der Waals surface area contributed by atoms with E-state index in [9.17, 15) is 19.2 Å². The number of imide groups is 1. The molecule has 5 amide bonds. The van der Waals surface area contributed by atoms with E-state index >= 15 is 0 Å². The maximum atomic E-state index is 13.5. The van der Waals surface area contributed by atoms with Gasteiger partial charge in [0.1, 0.15) is 6.54 Å². The van der Waals surface area contributed by atoms with Crippen molar-refractivity contribution in [3.63, 3.8) is 0 Å². The van der Waals surface area contributed by atoms with Crippen LogP contribution in [0, 0.1) is 0 Å². The van der Waals surface area contributed by atoms with E-state index in [0.29, 0.717) is 24.1 Å². The minimum absolute atomic E-state index is 0.0122. The van der Waals surface area contributed by atoms with Gasteiger partial charge in [0.25, 0.3) is 5.91 Å². The first-order chi connectivity index (χ1) is 16.8. The van der Waals surface area contributed by atoms with Gasteiger partial charge in [0, 0.05) is 43.2 Å². The van der Waals surface area contributed by atoms with E-state index < -0.39 is 17.6 Å². The molecule has 3 heterocycles. The summed E-state index contributed by atoms with van der Waals surface area (Å²) in [5.41, 5.74) is 1.54. The second kappa shape index (κ2) is 8.68. The Hall–Kier alpha value is -3.95. The Balaban J connectivity index is 1.36. The highest BCUT2D eigenvalue weighted by molar-refractivity contribution is 6.06. The number of hydrogen-bond donors (Lipinski definition) is 2. The molecule has 1 aliphatic carbocycles. The van der Waals surface area contributed by atoms with Crippen LogP contribution in [0.15, 0.2) is 42.7 Å². The first-order valence-corrected chi connectivity index (χ1v) is 11.7. The minimum atomic E-state index is -1.43. The molecule has 2 aliphatic heterocycles. The molecule has 1 spiro atoms. The number of ether oxygens (including phenoxy) is 1. The third-order valence-corrected chi connectivity index (χ3v) is 7.18. The van der Waals surface area contributed by atoms with Gasteiger partial charge in [0.05, 0.1) is 6.04 Å². The second-order valence-corrected chi connectivity index (χ2v) is 9.19. The van der Waals surface area contributed by atoms with Gasteiger partial charge in [-0.15, -0.1) is 0 Å². The van der Waals surface area contributed by atoms with Crippen LogP contribution in [0.3, 0.4) is 0 Å². The SMILES string of the molecule is CNC(=O)Nc1ccc2c(c1)CCC21OC(=O)N(CC(=O)N2[C@@H](c3ccncc3)CC[C@@H]2C)C1=O. The van der Waals surface area contributed by atoms with E-state index in [1.807, 2.05) is 19.1 Å². The molecule has 10 nitrogen and oxygen atoms in total. The fourth-order valence-corrected chi connectivity index (χ4v) is 5.46. The molecule has 0 radical (unpaired) electrons. The number of aromatic nitrogens is 1. The van der Waals surface area contributed by atoms with E-state index in [1.54, 1.807) is 35.5 Å². The van der Waals surface area contributed by atoms with E-state index in [1.165, 1.54) is 7.05 Å². The van der Waals surface area contributed by atoms with Gasteiger partial charge in [-0.05, 0) is 61.6 Å². The minimum Gasteiger partial charge on any atom is -0.427 e. The zero-order chi connectivity index (χ0) is 24.7. The summed E-state index contributed by atoms with van der Waals surface area (Å²) in [6.45, 7) is 1.61. The molecule has 5 rings (SSSR count). The highest BCUT2D eigenvalue weighted by atomic mass is 16.6. The van der Waals surface area contributed by atoms with Crippen molar-refractivity contribution in [2.24, 2.45) is 0 Å². The number of carbonyl (C=O) groups excluding carboxylic acids is 4. The number of rotatable bonds is 4. The van der Waals surface area contributed by atoms with Crippen molar-refractivity contribution in [3.8, 4) is 0 Å². The molecule has 3 atom stereocenters. The Morgan fingerprint density at radius 1 is 1.17 bits per heavy atom. The van der Waals surface area contributed by atoms with Gasteiger partial charge in [0.2, 0.25) is 11.5 Å². The molecule has 182 valence electrons. The molecule has 3 aliphatic rings. The van der Waals surface area contributed by atoms with Crippen molar-refractivity contribution in [1.29, 1.82) is 0 Å². The second-order valence-electron chi connectivity index (χ2n) is 9.19. The van der Waals surface area contributed by atoms with Gasteiger partial charge in [-0.3, -0.25) is 14.6 Å². The Morgan fingerprint density at radius 3 is 2.69 bits per heavy atom. The molecule has 2 fully saturated rings. The fraction of sp³-hybridized carbons (Fsp3) is 0.400. The Morgan fingerprint density at radius 2 is 1.94 bits per heavy atom. The average molecular weight is 478 g/mol. The molecule has 1 aromatic carbocycles. The molecule has 0 saturated carbocycles. The molecule has 0 bridgehead atoms. The van der Waals surface area contributed by atoms with Crippen molar-refractivity contribution >= 4 is 29.6 Å². The van der Waals surface area contributed by atoms with Gasteiger partial charge >= 0.3 is 12.1 Å². The van der Waals surface area contributed by atoms with Crippen LogP contribution in [-0.4, -0.2) is 58.4 Å². The fourth-order valence-electron chi connectivity index (χ4n) is 5.46. The number of urea groups is 1. The smallest absolute Gasteiger partial charge is 0.418 e. The lowest BCUT2D eigenvalue weighted by molar-refractivity contribution is -0.143. The topological polar surface area (TPSA) is 121 Å². The Kier molecular flexibility index (Phi) is 5.66. The van der Waals surface area contributed by atoms with Crippen LogP contribution >= 0.6 is 0 Å². The lowest BCUT2D eigenvalue weighted by atomic mass is 9.94. The lowest BCUT2D eigenvalue weighted by Crippen LogP contribution is -2.46. The molecular formula is C25H27N5O5. The molecule has 2 aromatic rings. The van der Waals surface area contributed by atoms with Gasteiger partial charge < -0.3 is 20.3 Å². The maximum absolute atomic E-state index is 13.5. The Bertz CT molecular complexity index is 1200. The maximum Gasteiger partial charge on any atom is 0.418 e. The van der Waals surface area contributed by atoms with Crippen molar-refractivity contribution in [2.45, 2.75) is 50.3 Å². The van der Waals surface area contributed by atoms with Crippen LogP contribution in [0.2, 0.25) is 0 Å². The van der Waals surface area contributed by atoms with Crippen molar-refractivity contribution in [3.05, 3.63) is 59.4 Å². The first kappa shape index (κ1) is 22.8. The van der Waals surface area contributed by atoms with Crippen LogP contribution < -0.4 is 10.6 Å². The number of aryl methyl sites for hydroxylation is 1. The van der Waals surface area contributed by atoms with Gasteiger partial charge in [0.15, 0.2) is 0 Å². The summed E-state index contributed by atoms with van der Waals surface area (Å²) >= 11 is 0. The summed E-state index contributed by atoms with van der Waals surface area (Å²) in [6.07, 6.45) is 5.02. The molecule has 2 N–H and O–H groups in total. The summed E-state index contributed by atoms with van der Waals surface area (Å²) in [7, 11) is 1.52. The summed E-state index contributed by atoms with van der Waals surface area (Å²) in [5.74, 6) is -0.809. The highest BCUT2D eigenvalue weighted by Gasteiger charge is 2.58. The third kappa shape index (κ3) is 3.78. The molecule has 35 heavy (non-hydrogen) atoms. The predicted molar refractivity (Wildman–Crippen MR) is 125 cm³/mol. The zero-order valence-electron chi connectivity index (χ0n) is 19.6. The van der Waals surface area contributed by atoms with E-state index in [-0.39, 0.29) is 30.6 Å². The molecule has 2 saturated heterocycles. The number of anilines is 1. The number of fused-ring (bicyclic) bond motifs is 2. The largest absolute Gasteiger partial charge is 0.427 e. The number of pyridine rings is 1. The van der Waals surface area contributed by atoms with Crippen LogP contribution in [0.25, 0.3) is 0 Å². The zero-order valence-corrected chi connectivity index (χ0v) is 19.6. The average Bonchev–Trinajstić information content (AvgIpc) is 3.49. The molecule has 10 heteroatoms. The van der Waals surface area contributed by atoms with Crippen molar-refractivity contribution in [2.75, 3.05) is 18.9 Å². The van der Waals surface area contributed by atoms with Crippen LogP contribution in [0.1, 0.15) is 48.9 Å². The molecular weight excluding hydrogens is 450 g/mol. The predicted octanol–water partition coefficient (Wildman–Crippen LogP) is 2.71. The van der Waals surface area contributed by atoms with Gasteiger partial charge in [-0.25, -0.2) is 14.5 Å². The number of likely N-dealkylation sites (tertiary alicyclic amines) is 1. The standard InChI is InChI=1S/C25H27N5O5/c1-15-3-6-20(16-8-11-27-12-9-16)30(15)21(31)14-29-22(32)25(35-24(29)34)10-7-17-13-18(4-5-19(17)25)28-23(33)26-2/h4-5,8-9,11-13,15,20H,3,6-7,10,14H2,1-2H3,(H2,26,28,33)/t15-,20+,25?/m0/s1. The third-order valence-electron chi connectivity index (χ3n) is 7.18. The van der Waals surface area contributed by atoms with Crippen molar-refractivity contribution in [1.82, 2.24) is 20.1 Å². The van der Waals surface area contributed by atoms with Gasteiger partial charge in [-0.1, -0.05) is 6.07 Å². The summed E-state index contributed by atoms with van der Waals surface area (Å²) < 4.78 is 5.66. The van der Waals surface area contributed by atoms with Crippen LogP contribution in [-0.2, 0) is 26.3 Å². The van der Waals surface area contributed by atoms with Crippen molar-refractivity contribution < 1.29 is 23.9 Å². The number of carbonyl (C=O) groups is 4. The number of amides is 5. The monoisotopic (exact) mass is 477 g/mol. The highest BCUT2D eigenvalue weighted by Crippen LogP contribution is 2.46. The molecule has 1 aromatic heterocycles. The summed E-state index contributed by atoms with van der Waals surface area (Å²) in [5, 5.41) is 5.19. The molecule has 1 unspecified atom stereocenters. The first-order valence-electron chi connectivity index (χ1n) is 11.7. The quantitative estimate of drug-likeness (QED) is 0.699. The van der Waals surface area contributed by atoms with Gasteiger partial charge in [-0.2, -0.15) is 0 Å². The normalized spacial score (nSPS) is 25.1. The van der Waals surface area contributed by atoms with E-state index in [4.69, 9.17) is 4.74 Å². The number of nitrogens with zero attached hydrogens (tertiary/aromatic N) is 3. The lowest BCUT2D eigenvalue weighted by Gasteiger charge is -2.30. The summed E-state index contributed by atoms with van der Waals surface area (Å²) in [6, 6.07) is 8.43. The van der Waals surface area contributed by atoms with E-state index in [0.717, 1.165) is 28.9 Å². The number of benzene rings is 1. The Labute approximate surface area is 202 Å². The number of nitrogens with one attached hydrogen (secondary N) is 2.